The molecule has 2 rings (SSSR count). The number of nitrogens with one attached hydrogen (secondary N) is 1. The van der Waals surface area contributed by atoms with Crippen LogP contribution in [0.1, 0.15) is 19.4 Å². The maximum Gasteiger partial charge on any atom is 0.169 e. The molecule has 0 aromatic heterocycles. The Bertz CT molecular complexity index is 610. The summed E-state index contributed by atoms with van der Waals surface area (Å²) in [6, 6.07) is 4.95. The maximum atomic E-state index is 12.6. The molecule has 0 bridgehead atoms. The van der Waals surface area contributed by atoms with Gasteiger partial charge in [0, 0.05) is 30.3 Å². The molecule has 0 aliphatic carbocycles. The third-order valence-corrected chi connectivity index (χ3v) is 4.31. The Balaban J connectivity index is 2.49. The number of rotatable bonds is 4. The minimum Gasteiger partial charge on any atom is -0.382 e. The quantitative estimate of drug-likeness (QED) is 0.869. The second kappa shape index (κ2) is 5.62. The summed E-state index contributed by atoms with van der Waals surface area (Å²) in [5.41, 5.74) is 1.53. The van der Waals surface area contributed by atoms with E-state index in [2.05, 4.69) is 6.58 Å². The van der Waals surface area contributed by atoms with Crippen molar-refractivity contribution in [2.45, 2.75) is 19.9 Å². The molecule has 1 aromatic rings. The smallest absolute Gasteiger partial charge is 0.169 e. The average Bonchev–Trinajstić information content (AvgIpc) is 2.61. The van der Waals surface area contributed by atoms with Gasteiger partial charge < -0.3 is 15.0 Å². The first-order valence-electron chi connectivity index (χ1n) is 6.66. The summed E-state index contributed by atoms with van der Waals surface area (Å²) in [4.78, 5) is 14.4. The van der Waals surface area contributed by atoms with E-state index in [1.54, 1.807) is 19.2 Å². The van der Waals surface area contributed by atoms with Crippen LogP contribution in [0.5, 0.6) is 0 Å². The summed E-state index contributed by atoms with van der Waals surface area (Å²) in [6.07, 6.45) is 1.20. The number of benzene rings is 1. The topological polar surface area (TPSA) is 53.4 Å². The molecule has 0 radical (unpaired) electrons. The fraction of sp³-hybridized carbons (Fsp3) is 0.375. The van der Waals surface area contributed by atoms with Crippen LogP contribution in [0.3, 0.4) is 0 Å². The highest BCUT2D eigenvalue weighted by atomic mass is 35.5. The molecule has 0 amide bonds. The van der Waals surface area contributed by atoms with Crippen LogP contribution < -0.4 is 4.90 Å². The van der Waals surface area contributed by atoms with Crippen molar-refractivity contribution in [2.24, 2.45) is 5.41 Å². The van der Waals surface area contributed by atoms with E-state index >= 15 is 0 Å². The van der Waals surface area contributed by atoms with Gasteiger partial charge in [0.15, 0.2) is 5.78 Å². The molecule has 1 aliphatic heterocycles. The van der Waals surface area contributed by atoms with Crippen LogP contribution >= 0.6 is 11.6 Å². The summed E-state index contributed by atoms with van der Waals surface area (Å²) in [5, 5.41) is 7.77. The Labute approximate surface area is 129 Å². The van der Waals surface area contributed by atoms with Gasteiger partial charge in [0.1, 0.15) is 6.04 Å². The van der Waals surface area contributed by atoms with Gasteiger partial charge in [-0.2, -0.15) is 0 Å². The Morgan fingerprint density at radius 3 is 2.71 bits per heavy atom. The predicted molar refractivity (Wildman–Crippen MR) is 85.4 cm³/mol. The molecular formula is C16H19ClN2O2. The highest BCUT2D eigenvalue weighted by molar-refractivity contribution is 6.33. The van der Waals surface area contributed by atoms with Gasteiger partial charge in [0.25, 0.3) is 0 Å². The van der Waals surface area contributed by atoms with Gasteiger partial charge in [0.05, 0.1) is 17.0 Å². The number of anilines is 1. The number of carbonyl (C=O) groups excluding carboxylic acids is 1. The van der Waals surface area contributed by atoms with Crippen LogP contribution in [0.4, 0.5) is 5.69 Å². The summed E-state index contributed by atoms with van der Waals surface area (Å²) in [5.74, 6) is 0.0848. The third-order valence-electron chi connectivity index (χ3n) is 3.98. The van der Waals surface area contributed by atoms with E-state index in [0.717, 1.165) is 11.4 Å². The highest BCUT2D eigenvalue weighted by Gasteiger charge is 2.49. The number of hydrogen-bond donors (Lipinski definition) is 1. The van der Waals surface area contributed by atoms with Crippen molar-refractivity contribution in [1.29, 1.82) is 5.41 Å². The molecule has 1 saturated heterocycles. The van der Waals surface area contributed by atoms with Crippen LogP contribution in [-0.4, -0.2) is 31.8 Å². The molecule has 112 valence electrons. The van der Waals surface area contributed by atoms with Crippen molar-refractivity contribution in [1.82, 2.24) is 0 Å². The molecule has 21 heavy (non-hydrogen) atoms. The molecular weight excluding hydrogens is 288 g/mol. The van der Waals surface area contributed by atoms with Crippen molar-refractivity contribution in [3.8, 4) is 0 Å². The van der Waals surface area contributed by atoms with Crippen molar-refractivity contribution in [3.05, 3.63) is 41.1 Å². The first-order chi connectivity index (χ1) is 9.84. The molecule has 1 heterocycles. The number of methoxy groups -OCH3 is 1. The van der Waals surface area contributed by atoms with E-state index in [4.69, 9.17) is 21.7 Å². The number of Topliss-reactive ketones (excluding diaryl/α,β-unsaturated/α-hetero) is 1. The van der Waals surface area contributed by atoms with E-state index in [-0.39, 0.29) is 5.78 Å². The molecule has 1 N–H and O–H groups in total. The van der Waals surface area contributed by atoms with Crippen molar-refractivity contribution < 1.29 is 9.53 Å². The van der Waals surface area contributed by atoms with Crippen LogP contribution in [0.15, 0.2) is 30.5 Å². The van der Waals surface area contributed by atoms with Crippen LogP contribution in [-0.2, 0) is 9.53 Å². The molecule has 1 aromatic carbocycles. The number of hydrogen-bond acceptors (Lipinski definition) is 4. The normalized spacial score (nSPS) is 21.0. The van der Waals surface area contributed by atoms with E-state index in [1.807, 2.05) is 24.8 Å². The fourth-order valence-corrected chi connectivity index (χ4v) is 2.82. The van der Waals surface area contributed by atoms with Gasteiger partial charge in [-0.15, -0.1) is 0 Å². The van der Waals surface area contributed by atoms with E-state index in [0.29, 0.717) is 17.2 Å². The Hall–Kier alpha value is -1.65. The first kappa shape index (κ1) is 15.7. The zero-order chi connectivity index (χ0) is 15.8. The van der Waals surface area contributed by atoms with Gasteiger partial charge in [-0.1, -0.05) is 18.2 Å². The number of ether oxygens (including phenoxy) is 1. The Morgan fingerprint density at radius 1 is 1.52 bits per heavy atom. The summed E-state index contributed by atoms with van der Waals surface area (Å²) in [7, 11) is 1.57. The van der Waals surface area contributed by atoms with E-state index in [1.165, 1.54) is 6.21 Å². The van der Waals surface area contributed by atoms with Gasteiger partial charge in [-0.3, -0.25) is 4.79 Å². The Kier molecular flexibility index (Phi) is 4.21. The largest absolute Gasteiger partial charge is 0.382 e. The minimum atomic E-state index is -0.629. The summed E-state index contributed by atoms with van der Waals surface area (Å²) in [6.45, 7) is 8.12. The molecule has 1 atom stereocenters. The molecule has 1 aliphatic rings. The molecule has 1 fully saturated rings. The van der Waals surface area contributed by atoms with Gasteiger partial charge in [-0.05, 0) is 32.0 Å². The first-order valence-corrected chi connectivity index (χ1v) is 7.04. The van der Waals surface area contributed by atoms with E-state index in [9.17, 15) is 4.79 Å². The third kappa shape index (κ3) is 2.49. The lowest BCUT2D eigenvalue weighted by Gasteiger charge is -2.27. The van der Waals surface area contributed by atoms with Crippen LogP contribution in [0.2, 0.25) is 5.02 Å². The molecule has 4 nitrogen and oxygen atoms in total. The SMILES string of the molecule is C=C1N(c2ccc(C=N)c(Cl)c2)C(COC)C(=O)C1(C)C. The number of ketones is 1. The molecule has 1 unspecified atom stereocenters. The van der Waals surface area contributed by atoms with Gasteiger partial charge in [-0.25, -0.2) is 0 Å². The lowest BCUT2D eigenvalue weighted by atomic mass is 9.87. The fourth-order valence-electron chi connectivity index (χ4n) is 2.59. The standard InChI is InChI=1S/C16H19ClN2O2/c1-10-16(2,3)15(20)14(9-21-4)19(10)12-6-5-11(8-18)13(17)7-12/h5-8,14,18H,1,9H2,2-4H3. The second-order valence-electron chi connectivity index (χ2n) is 5.63. The Morgan fingerprint density at radius 2 is 2.19 bits per heavy atom. The van der Waals surface area contributed by atoms with Crippen molar-refractivity contribution >= 4 is 29.3 Å². The summed E-state index contributed by atoms with van der Waals surface area (Å²) < 4.78 is 5.19. The monoisotopic (exact) mass is 306 g/mol. The molecule has 0 saturated carbocycles. The summed E-state index contributed by atoms with van der Waals surface area (Å²) >= 11 is 6.16. The highest BCUT2D eigenvalue weighted by Crippen LogP contribution is 2.43. The number of allylic oxidation sites excluding steroid dienone is 1. The minimum absolute atomic E-state index is 0.0848. The predicted octanol–water partition coefficient (Wildman–Crippen LogP) is 3.28. The van der Waals surface area contributed by atoms with Crippen LogP contribution in [0, 0.1) is 10.8 Å². The molecule has 5 heteroatoms. The van der Waals surface area contributed by atoms with E-state index < -0.39 is 11.5 Å². The lowest BCUT2D eigenvalue weighted by molar-refractivity contribution is -0.125. The van der Waals surface area contributed by atoms with Crippen molar-refractivity contribution in [2.75, 3.05) is 18.6 Å². The zero-order valence-electron chi connectivity index (χ0n) is 12.4. The second-order valence-corrected chi connectivity index (χ2v) is 6.03. The van der Waals surface area contributed by atoms with Crippen LogP contribution in [0.25, 0.3) is 0 Å². The lowest BCUT2D eigenvalue weighted by Crippen LogP contribution is -2.36. The van der Waals surface area contributed by atoms with Gasteiger partial charge >= 0.3 is 0 Å². The number of nitrogens with zero attached hydrogens (tertiary/aromatic N) is 1. The molecule has 0 spiro atoms. The average molecular weight is 307 g/mol. The zero-order valence-corrected chi connectivity index (χ0v) is 13.2. The van der Waals surface area contributed by atoms with Gasteiger partial charge in [0.2, 0.25) is 0 Å². The number of halogens is 1. The number of carbonyl (C=O) groups is 1. The maximum absolute atomic E-state index is 12.6. The van der Waals surface area contributed by atoms with Crippen molar-refractivity contribution in [3.63, 3.8) is 0 Å².